The average molecular weight is 501 g/mol. The third kappa shape index (κ3) is 3.73. The molecule has 0 saturated heterocycles. The minimum Gasteiger partial charge on any atom is -0.454 e. The number of hydrogen-bond acceptors (Lipinski definition) is 1. The SMILES string of the molecule is Cc1cc(-c2c(F)ccc3c2oc2c(-c4cccc[n+]4C)c(C)ccc23)ccc1C(C)(C)c1ccccc1. The van der Waals surface area contributed by atoms with E-state index in [0.717, 1.165) is 44.3 Å². The second-order valence-corrected chi connectivity index (χ2v) is 10.8. The average Bonchev–Trinajstić information content (AvgIpc) is 3.28. The van der Waals surface area contributed by atoms with Crippen molar-refractivity contribution in [1.82, 2.24) is 0 Å². The molecule has 2 aromatic heterocycles. The Hall–Kier alpha value is -4.24. The van der Waals surface area contributed by atoms with E-state index in [9.17, 15) is 0 Å². The van der Waals surface area contributed by atoms with Crippen molar-refractivity contribution in [1.29, 1.82) is 0 Å². The maximum Gasteiger partial charge on any atom is 0.216 e. The molecule has 0 saturated carbocycles. The molecule has 0 aliphatic carbocycles. The van der Waals surface area contributed by atoms with E-state index >= 15 is 4.39 Å². The molecule has 0 N–H and O–H groups in total. The second-order valence-electron chi connectivity index (χ2n) is 10.8. The predicted octanol–water partition coefficient (Wildman–Crippen LogP) is 8.83. The van der Waals surface area contributed by atoms with Crippen molar-refractivity contribution in [2.24, 2.45) is 7.05 Å². The van der Waals surface area contributed by atoms with Crippen molar-refractivity contribution in [3.05, 3.63) is 125 Å². The van der Waals surface area contributed by atoms with Crippen LogP contribution in [0.2, 0.25) is 0 Å². The molecule has 2 heterocycles. The van der Waals surface area contributed by atoms with Crippen LogP contribution in [0.25, 0.3) is 44.3 Å². The van der Waals surface area contributed by atoms with E-state index in [4.69, 9.17) is 4.42 Å². The van der Waals surface area contributed by atoms with Gasteiger partial charge < -0.3 is 4.42 Å². The molecule has 38 heavy (non-hydrogen) atoms. The summed E-state index contributed by atoms with van der Waals surface area (Å²) >= 11 is 0. The van der Waals surface area contributed by atoms with Gasteiger partial charge in [0.05, 0.1) is 11.1 Å². The van der Waals surface area contributed by atoms with Gasteiger partial charge in [-0.2, -0.15) is 0 Å². The molecule has 3 heteroatoms. The molecule has 0 amide bonds. The lowest BCUT2D eigenvalue weighted by Gasteiger charge is -2.28. The maximum absolute atomic E-state index is 15.6. The Labute approximate surface area is 223 Å². The van der Waals surface area contributed by atoms with E-state index in [2.05, 4.69) is 86.9 Å². The minimum absolute atomic E-state index is 0.175. The van der Waals surface area contributed by atoms with Crippen LogP contribution in [0.1, 0.15) is 36.1 Å². The number of pyridine rings is 1. The van der Waals surface area contributed by atoms with Gasteiger partial charge in [0.25, 0.3) is 0 Å². The lowest BCUT2D eigenvalue weighted by molar-refractivity contribution is -0.660. The minimum atomic E-state index is -0.283. The van der Waals surface area contributed by atoms with Crippen molar-refractivity contribution in [3.63, 3.8) is 0 Å². The summed E-state index contributed by atoms with van der Waals surface area (Å²) in [5.41, 5.74) is 9.31. The molecule has 0 radical (unpaired) electrons. The van der Waals surface area contributed by atoms with E-state index in [1.807, 2.05) is 43.6 Å². The fourth-order valence-electron chi connectivity index (χ4n) is 5.88. The van der Waals surface area contributed by atoms with Crippen LogP contribution in [0.4, 0.5) is 4.39 Å². The Bertz CT molecular complexity index is 1830. The standard InChI is InChI=1S/C35H31FNO/c1-22-14-16-26-27-17-19-29(36)32(34(27)38-33(26)31(22)30-13-9-10-20-37(30)5)24-15-18-28(23(2)21-24)35(3,4)25-11-7-6-8-12-25/h6-21H,1-5H3/q+1. The summed E-state index contributed by atoms with van der Waals surface area (Å²) in [6, 6.07) is 30.5. The Morgan fingerprint density at radius 3 is 2.11 bits per heavy atom. The smallest absolute Gasteiger partial charge is 0.216 e. The van der Waals surface area contributed by atoms with Gasteiger partial charge in [-0.25, -0.2) is 8.96 Å². The number of rotatable bonds is 4. The summed E-state index contributed by atoms with van der Waals surface area (Å²) in [4.78, 5) is 0. The first kappa shape index (κ1) is 24.1. The number of fused-ring (bicyclic) bond motifs is 3. The number of aryl methyl sites for hydroxylation is 3. The van der Waals surface area contributed by atoms with Gasteiger partial charge >= 0.3 is 0 Å². The summed E-state index contributed by atoms with van der Waals surface area (Å²) in [6.45, 7) is 8.67. The van der Waals surface area contributed by atoms with Crippen LogP contribution in [-0.4, -0.2) is 0 Å². The first-order valence-corrected chi connectivity index (χ1v) is 13.0. The highest BCUT2D eigenvalue weighted by molar-refractivity contribution is 6.13. The summed E-state index contributed by atoms with van der Waals surface area (Å²) in [6.07, 6.45) is 2.03. The zero-order valence-electron chi connectivity index (χ0n) is 22.5. The van der Waals surface area contributed by atoms with E-state index < -0.39 is 0 Å². The molecule has 188 valence electrons. The van der Waals surface area contributed by atoms with Gasteiger partial charge in [-0.15, -0.1) is 0 Å². The van der Waals surface area contributed by atoms with Crippen molar-refractivity contribution in [2.45, 2.75) is 33.1 Å². The Kier molecular flexibility index (Phi) is 5.68. The highest BCUT2D eigenvalue weighted by Gasteiger charge is 2.26. The zero-order valence-corrected chi connectivity index (χ0v) is 22.5. The topological polar surface area (TPSA) is 17.0 Å². The normalized spacial score (nSPS) is 11.9. The molecule has 0 fully saturated rings. The van der Waals surface area contributed by atoms with Crippen LogP contribution >= 0.6 is 0 Å². The highest BCUT2D eigenvalue weighted by atomic mass is 19.1. The van der Waals surface area contributed by atoms with Gasteiger partial charge in [0.1, 0.15) is 24.0 Å². The van der Waals surface area contributed by atoms with Crippen LogP contribution in [0, 0.1) is 19.7 Å². The lowest BCUT2D eigenvalue weighted by Crippen LogP contribution is -2.30. The Balaban J connectivity index is 1.56. The molecular weight excluding hydrogens is 469 g/mol. The molecular formula is C35H31FNO+. The first-order chi connectivity index (χ1) is 18.3. The Morgan fingerprint density at radius 2 is 1.39 bits per heavy atom. The molecule has 2 nitrogen and oxygen atoms in total. The summed E-state index contributed by atoms with van der Waals surface area (Å²) in [5, 5.41) is 1.91. The largest absolute Gasteiger partial charge is 0.454 e. The molecule has 0 aliphatic heterocycles. The summed E-state index contributed by atoms with van der Waals surface area (Å²) in [7, 11) is 2.03. The molecule has 0 aliphatic rings. The third-order valence-corrected chi connectivity index (χ3v) is 7.96. The fourth-order valence-corrected chi connectivity index (χ4v) is 5.88. The second kappa shape index (κ2) is 8.95. The molecule has 6 rings (SSSR count). The highest BCUT2D eigenvalue weighted by Crippen LogP contribution is 2.42. The van der Waals surface area contributed by atoms with E-state index in [1.54, 1.807) is 6.07 Å². The number of aromatic nitrogens is 1. The van der Waals surface area contributed by atoms with Crippen LogP contribution < -0.4 is 4.57 Å². The van der Waals surface area contributed by atoms with Crippen molar-refractivity contribution >= 4 is 21.9 Å². The molecule has 0 spiro atoms. The number of halogens is 1. The quantitative estimate of drug-likeness (QED) is 0.221. The van der Waals surface area contributed by atoms with Gasteiger partial charge in [0.15, 0.2) is 6.20 Å². The van der Waals surface area contributed by atoms with E-state index in [0.29, 0.717) is 11.1 Å². The van der Waals surface area contributed by atoms with Gasteiger partial charge in [0.2, 0.25) is 5.69 Å². The first-order valence-electron chi connectivity index (χ1n) is 13.0. The van der Waals surface area contributed by atoms with Crippen LogP contribution in [0.3, 0.4) is 0 Å². The van der Waals surface area contributed by atoms with Gasteiger partial charge in [0, 0.05) is 28.3 Å². The molecule has 0 unspecified atom stereocenters. The van der Waals surface area contributed by atoms with Crippen molar-refractivity contribution in [3.8, 4) is 22.4 Å². The monoisotopic (exact) mass is 500 g/mol. The van der Waals surface area contributed by atoms with Crippen LogP contribution in [0.15, 0.2) is 102 Å². The predicted molar refractivity (Wildman–Crippen MR) is 154 cm³/mol. The number of furan rings is 1. The van der Waals surface area contributed by atoms with E-state index in [1.165, 1.54) is 11.1 Å². The van der Waals surface area contributed by atoms with Gasteiger partial charge in [-0.3, -0.25) is 0 Å². The lowest BCUT2D eigenvalue weighted by atomic mass is 9.76. The Morgan fingerprint density at radius 1 is 0.711 bits per heavy atom. The molecule has 6 aromatic rings. The summed E-state index contributed by atoms with van der Waals surface area (Å²) < 4.78 is 24.3. The fraction of sp³-hybridized carbons (Fsp3) is 0.171. The van der Waals surface area contributed by atoms with Crippen LogP contribution in [0.5, 0.6) is 0 Å². The van der Waals surface area contributed by atoms with E-state index in [-0.39, 0.29) is 11.2 Å². The maximum atomic E-state index is 15.6. The number of hydrogen-bond donors (Lipinski definition) is 0. The zero-order chi connectivity index (χ0) is 26.6. The molecule has 0 atom stereocenters. The number of nitrogens with zero attached hydrogens (tertiary/aromatic N) is 1. The van der Waals surface area contributed by atoms with Gasteiger partial charge in [-0.05, 0) is 59.9 Å². The van der Waals surface area contributed by atoms with Crippen molar-refractivity contribution in [2.75, 3.05) is 0 Å². The number of benzene rings is 4. The third-order valence-electron chi connectivity index (χ3n) is 7.96. The summed E-state index contributed by atoms with van der Waals surface area (Å²) in [5.74, 6) is -0.283. The molecule has 0 bridgehead atoms. The van der Waals surface area contributed by atoms with Crippen LogP contribution in [-0.2, 0) is 12.5 Å². The van der Waals surface area contributed by atoms with Gasteiger partial charge in [-0.1, -0.05) is 74.5 Å². The van der Waals surface area contributed by atoms with Crippen molar-refractivity contribution < 1.29 is 13.4 Å². The molecule has 4 aromatic carbocycles.